The van der Waals surface area contributed by atoms with E-state index in [1.807, 2.05) is 0 Å². The van der Waals surface area contributed by atoms with Crippen LogP contribution in [0.4, 0.5) is 5.69 Å². The number of carbonyl (C=O) groups is 2. The Kier molecular flexibility index (Phi) is 5.25. The molecule has 0 unspecified atom stereocenters. The van der Waals surface area contributed by atoms with Crippen LogP contribution in [0.5, 0.6) is 0 Å². The number of aromatic nitrogens is 1. The van der Waals surface area contributed by atoms with Crippen molar-refractivity contribution in [2.75, 3.05) is 12.4 Å². The summed E-state index contributed by atoms with van der Waals surface area (Å²) in [5, 5.41) is 5.82. The second-order valence-corrected chi connectivity index (χ2v) is 6.05. The lowest BCUT2D eigenvalue weighted by atomic mass is 10.1. The molecule has 2 amide bonds. The van der Waals surface area contributed by atoms with Crippen molar-refractivity contribution in [2.24, 2.45) is 0 Å². The van der Waals surface area contributed by atoms with Crippen molar-refractivity contribution < 1.29 is 14.0 Å². The number of halogens is 2. The van der Waals surface area contributed by atoms with Crippen molar-refractivity contribution in [3.8, 4) is 11.3 Å². The Morgan fingerprint density at radius 2 is 1.81 bits per heavy atom. The van der Waals surface area contributed by atoms with E-state index in [0.29, 0.717) is 21.8 Å². The van der Waals surface area contributed by atoms with E-state index in [9.17, 15) is 9.59 Å². The molecule has 26 heavy (non-hydrogen) atoms. The number of oxazole rings is 1. The summed E-state index contributed by atoms with van der Waals surface area (Å²) in [4.78, 5) is 28.2. The molecule has 3 rings (SSSR count). The van der Waals surface area contributed by atoms with Crippen LogP contribution in [0.25, 0.3) is 11.3 Å². The molecule has 0 radical (unpaired) electrons. The molecule has 8 heteroatoms. The Labute approximate surface area is 159 Å². The predicted octanol–water partition coefficient (Wildman–Crippen LogP) is 4.26. The van der Waals surface area contributed by atoms with Crippen molar-refractivity contribution in [3.63, 3.8) is 0 Å². The summed E-state index contributed by atoms with van der Waals surface area (Å²) in [6.45, 7) is 0. The summed E-state index contributed by atoms with van der Waals surface area (Å²) in [5.74, 6) is -0.531. The lowest BCUT2D eigenvalue weighted by Crippen LogP contribution is -2.18. The summed E-state index contributed by atoms with van der Waals surface area (Å²) < 4.78 is 5.34. The Bertz CT molecular complexity index is 985. The number of nitrogens with zero attached hydrogens (tertiary/aromatic N) is 1. The quantitative estimate of drug-likeness (QED) is 0.697. The van der Waals surface area contributed by atoms with E-state index in [1.54, 1.807) is 36.4 Å². The zero-order valence-corrected chi connectivity index (χ0v) is 15.1. The third-order valence-corrected chi connectivity index (χ3v) is 4.25. The molecular formula is C18H13Cl2N3O3. The maximum atomic E-state index is 12.6. The van der Waals surface area contributed by atoms with Crippen LogP contribution >= 0.6 is 23.2 Å². The minimum Gasteiger partial charge on any atom is -0.443 e. The standard InChI is InChI=1S/C18H13Cl2N3O3/c1-21-17(24)10-6-7-14(13(20)8-10)23-18(25)15-16(26-9-22-15)11-4-2-3-5-12(11)19/h2-9H,1H3,(H,21,24)(H,23,25). The van der Waals surface area contributed by atoms with Gasteiger partial charge in [0.05, 0.1) is 15.7 Å². The fourth-order valence-corrected chi connectivity index (χ4v) is 2.78. The summed E-state index contributed by atoms with van der Waals surface area (Å²) in [7, 11) is 1.52. The molecule has 0 saturated heterocycles. The molecule has 1 heterocycles. The molecule has 3 aromatic rings. The Morgan fingerprint density at radius 3 is 2.50 bits per heavy atom. The lowest BCUT2D eigenvalue weighted by molar-refractivity contribution is 0.0962. The molecule has 0 aliphatic heterocycles. The van der Waals surface area contributed by atoms with Crippen LogP contribution in [0.15, 0.2) is 53.3 Å². The van der Waals surface area contributed by atoms with Gasteiger partial charge in [-0.25, -0.2) is 4.98 Å². The lowest BCUT2D eigenvalue weighted by Gasteiger charge is -2.08. The largest absolute Gasteiger partial charge is 0.443 e. The van der Waals surface area contributed by atoms with Crippen LogP contribution in [0.1, 0.15) is 20.8 Å². The summed E-state index contributed by atoms with van der Waals surface area (Å²) >= 11 is 12.3. The third-order valence-electron chi connectivity index (χ3n) is 3.61. The number of benzene rings is 2. The SMILES string of the molecule is CNC(=O)c1ccc(NC(=O)c2ncoc2-c2ccccc2Cl)c(Cl)c1. The molecule has 0 saturated carbocycles. The van der Waals surface area contributed by atoms with Gasteiger partial charge in [0.15, 0.2) is 17.8 Å². The number of carbonyl (C=O) groups excluding carboxylic acids is 2. The highest BCUT2D eigenvalue weighted by Gasteiger charge is 2.21. The average Bonchev–Trinajstić information content (AvgIpc) is 3.12. The van der Waals surface area contributed by atoms with Crippen LogP contribution in [-0.4, -0.2) is 23.8 Å². The highest BCUT2D eigenvalue weighted by Crippen LogP contribution is 2.31. The van der Waals surface area contributed by atoms with E-state index in [0.717, 1.165) is 0 Å². The zero-order chi connectivity index (χ0) is 18.7. The number of anilines is 1. The summed E-state index contributed by atoms with van der Waals surface area (Å²) in [6, 6.07) is 11.5. The van der Waals surface area contributed by atoms with E-state index in [1.165, 1.54) is 19.5 Å². The first kappa shape index (κ1) is 18.0. The first-order valence-corrected chi connectivity index (χ1v) is 8.28. The van der Waals surface area contributed by atoms with Crippen LogP contribution in [0.2, 0.25) is 10.0 Å². The Balaban J connectivity index is 1.88. The summed E-state index contributed by atoms with van der Waals surface area (Å²) in [6.07, 6.45) is 1.17. The highest BCUT2D eigenvalue weighted by atomic mass is 35.5. The van der Waals surface area contributed by atoms with Crippen LogP contribution < -0.4 is 10.6 Å². The monoisotopic (exact) mass is 389 g/mol. The molecule has 1 aromatic heterocycles. The maximum absolute atomic E-state index is 12.6. The van der Waals surface area contributed by atoms with Crippen LogP contribution in [-0.2, 0) is 0 Å². The van der Waals surface area contributed by atoms with Gasteiger partial charge in [-0.1, -0.05) is 35.3 Å². The fraction of sp³-hybridized carbons (Fsp3) is 0.0556. The van der Waals surface area contributed by atoms with Crippen molar-refractivity contribution in [1.82, 2.24) is 10.3 Å². The molecule has 0 bridgehead atoms. The Hall–Kier alpha value is -2.83. The van der Waals surface area contributed by atoms with E-state index in [-0.39, 0.29) is 22.4 Å². The second-order valence-electron chi connectivity index (χ2n) is 5.24. The molecule has 2 N–H and O–H groups in total. The van der Waals surface area contributed by atoms with Gasteiger partial charge in [0.2, 0.25) is 0 Å². The van der Waals surface area contributed by atoms with E-state index in [2.05, 4.69) is 15.6 Å². The normalized spacial score (nSPS) is 10.4. The number of rotatable bonds is 4. The van der Waals surface area contributed by atoms with Gasteiger partial charge in [-0.05, 0) is 30.3 Å². The first-order valence-electron chi connectivity index (χ1n) is 7.52. The van der Waals surface area contributed by atoms with Gasteiger partial charge in [0, 0.05) is 18.2 Å². The molecule has 2 aromatic carbocycles. The van der Waals surface area contributed by atoms with Gasteiger partial charge >= 0.3 is 0 Å². The number of amides is 2. The molecule has 0 fully saturated rings. The van der Waals surface area contributed by atoms with Crippen molar-refractivity contribution in [1.29, 1.82) is 0 Å². The minimum absolute atomic E-state index is 0.0737. The topological polar surface area (TPSA) is 84.2 Å². The van der Waals surface area contributed by atoms with Gasteiger partial charge in [-0.2, -0.15) is 0 Å². The van der Waals surface area contributed by atoms with Gasteiger partial charge in [0.1, 0.15) is 0 Å². The molecule has 6 nitrogen and oxygen atoms in total. The minimum atomic E-state index is -0.511. The smallest absolute Gasteiger partial charge is 0.278 e. The van der Waals surface area contributed by atoms with Gasteiger partial charge in [-0.3, -0.25) is 9.59 Å². The molecule has 0 spiro atoms. The van der Waals surface area contributed by atoms with Gasteiger partial charge in [0.25, 0.3) is 11.8 Å². The van der Waals surface area contributed by atoms with Crippen LogP contribution in [0, 0.1) is 0 Å². The number of hydrogen-bond donors (Lipinski definition) is 2. The van der Waals surface area contributed by atoms with Crippen molar-refractivity contribution in [2.45, 2.75) is 0 Å². The number of nitrogens with one attached hydrogen (secondary N) is 2. The molecule has 0 atom stereocenters. The van der Waals surface area contributed by atoms with E-state index >= 15 is 0 Å². The Morgan fingerprint density at radius 1 is 1.04 bits per heavy atom. The van der Waals surface area contributed by atoms with Crippen LogP contribution in [0.3, 0.4) is 0 Å². The summed E-state index contributed by atoms with van der Waals surface area (Å²) in [5.41, 5.74) is 1.36. The zero-order valence-electron chi connectivity index (χ0n) is 13.5. The molecule has 132 valence electrons. The van der Waals surface area contributed by atoms with Gasteiger partial charge in [-0.15, -0.1) is 0 Å². The van der Waals surface area contributed by atoms with Gasteiger partial charge < -0.3 is 15.1 Å². The van der Waals surface area contributed by atoms with E-state index < -0.39 is 5.91 Å². The first-order chi connectivity index (χ1) is 12.5. The van der Waals surface area contributed by atoms with Crippen molar-refractivity contribution in [3.05, 3.63) is 70.2 Å². The fourth-order valence-electron chi connectivity index (χ4n) is 2.33. The second kappa shape index (κ2) is 7.59. The predicted molar refractivity (Wildman–Crippen MR) is 99.7 cm³/mol. The molecular weight excluding hydrogens is 377 g/mol. The maximum Gasteiger partial charge on any atom is 0.278 e. The molecule has 0 aliphatic carbocycles. The van der Waals surface area contributed by atoms with E-state index in [4.69, 9.17) is 27.6 Å². The third kappa shape index (κ3) is 3.56. The number of hydrogen-bond acceptors (Lipinski definition) is 4. The van der Waals surface area contributed by atoms with Crippen molar-refractivity contribution >= 4 is 40.7 Å². The highest BCUT2D eigenvalue weighted by molar-refractivity contribution is 6.34. The average molecular weight is 390 g/mol. The molecule has 0 aliphatic rings.